The third-order valence-electron chi connectivity index (χ3n) is 6.18. The van der Waals surface area contributed by atoms with Gasteiger partial charge in [-0.15, -0.1) is 0 Å². The number of aryl methyl sites for hydroxylation is 3. The molecular weight excluding hydrogens is 466 g/mol. The molecule has 1 fully saturated rings. The summed E-state index contributed by atoms with van der Waals surface area (Å²) >= 11 is 6.08. The van der Waals surface area contributed by atoms with Gasteiger partial charge in [-0.05, 0) is 68.5 Å². The van der Waals surface area contributed by atoms with Crippen LogP contribution in [0.1, 0.15) is 42.4 Å². The van der Waals surface area contributed by atoms with Gasteiger partial charge < -0.3 is 14.8 Å². The monoisotopic (exact) mass is 493 g/mol. The zero-order valence-corrected chi connectivity index (χ0v) is 20.7. The molecule has 178 valence electrons. The fourth-order valence-electron chi connectivity index (χ4n) is 4.01. The Bertz CT molecular complexity index is 1190. The quantitative estimate of drug-likeness (QED) is 0.568. The Morgan fingerprint density at radius 2 is 1.70 bits per heavy atom. The summed E-state index contributed by atoms with van der Waals surface area (Å²) in [5.41, 5.74) is 2.89. The minimum Gasteiger partial charge on any atom is -0.495 e. The minimum absolute atomic E-state index is 0.0928. The second kappa shape index (κ2) is 9.73. The largest absolute Gasteiger partial charge is 0.495 e. The van der Waals surface area contributed by atoms with Crippen molar-refractivity contribution in [2.75, 3.05) is 19.0 Å². The molecule has 0 bridgehead atoms. The summed E-state index contributed by atoms with van der Waals surface area (Å²) < 4.78 is 35.8. The lowest BCUT2D eigenvalue weighted by Crippen LogP contribution is -2.46. The number of nitrogens with one attached hydrogen (secondary N) is 1. The number of methoxy groups -OCH3 is 1. The van der Waals surface area contributed by atoms with E-state index >= 15 is 0 Å². The van der Waals surface area contributed by atoms with Gasteiger partial charge in [-0.3, -0.25) is 9.59 Å². The van der Waals surface area contributed by atoms with Crippen molar-refractivity contribution in [3.05, 3.63) is 52.0 Å². The number of carbonyl (C=O) groups excluding carboxylic acids is 2. The molecule has 0 aliphatic heterocycles. The van der Waals surface area contributed by atoms with Crippen LogP contribution >= 0.6 is 11.6 Å². The van der Waals surface area contributed by atoms with Gasteiger partial charge in [0.1, 0.15) is 5.75 Å². The Hall–Kier alpha value is -2.58. The molecule has 0 aromatic heterocycles. The molecule has 1 N–H and O–H groups in total. The third-order valence-corrected chi connectivity index (χ3v) is 9.06. The average Bonchev–Trinajstić information content (AvgIpc) is 3.28. The number of esters is 1. The first-order valence-electron chi connectivity index (χ1n) is 10.6. The molecule has 1 aliphatic carbocycles. The van der Waals surface area contributed by atoms with Crippen LogP contribution in [0.4, 0.5) is 5.69 Å². The molecule has 0 atom stereocenters. The molecule has 7 nitrogen and oxygen atoms in total. The second-order valence-electron chi connectivity index (χ2n) is 8.38. The van der Waals surface area contributed by atoms with E-state index in [4.69, 9.17) is 21.1 Å². The zero-order chi connectivity index (χ0) is 24.4. The molecule has 0 saturated heterocycles. The van der Waals surface area contributed by atoms with Gasteiger partial charge in [0.05, 0.1) is 17.7 Å². The van der Waals surface area contributed by atoms with E-state index in [0.717, 1.165) is 16.7 Å². The van der Waals surface area contributed by atoms with Crippen molar-refractivity contribution in [1.29, 1.82) is 0 Å². The summed E-state index contributed by atoms with van der Waals surface area (Å²) in [6.07, 6.45) is 1.50. The Labute approximate surface area is 199 Å². The topological polar surface area (TPSA) is 98.8 Å². The number of anilines is 1. The molecule has 1 aliphatic rings. The van der Waals surface area contributed by atoms with Crippen LogP contribution in [0.3, 0.4) is 0 Å². The number of sulfone groups is 1. The van der Waals surface area contributed by atoms with Gasteiger partial charge in [-0.2, -0.15) is 0 Å². The smallest absolute Gasteiger partial charge is 0.328 e. The molecule has 0 radical (unpaired) electrons. The third kappa shape index (κ3) is 4.87. The van der Waals surface area contributed by atoms with E-state index in [0.29, 0.717) is 29.3 Å². The lowest BCUT2D eigenvalue weighted by Gasteiger charge is -2.27. The van der Waals surface area contributed by atoms with Crippen molar-refractivity contribution in [2.24, 2.45) is 0 Å². The number of benzene rings is 2. The molecular formula is C24H28ClNO6S. The Balaban J connectivity index is 1.78. The van der Waals surface area contributed by atoms with Crippen LogP contribution < -0.4 is 10.1 Å². The fraction of sp³-hybridized carbons (Fsp3) is 0.417. The van der Waals surface area contributed by atoms with Crippen LogP contribution in [0.15, 0.2) is 35.2 Å². The highest BCUT2D eigenvalue weighted by atomic mass is 35.5. The Morgan fingerprint density at radius 1 is 1.03 bits per heavy atom. The number of carbonyl (C=O) groups is 2. The Morgan fingerprint density at radius 3 is 2.30 bits per heavy atom. The molecule has 0 unspecified atom stereocenters. The predicted molar refractivity (Wildman–Crippen MR) is 127 cm³/mol. The van der Waals surface area contributed by atoms with Gasteiger partial charge in [0.25, 0.3) is 5.91 Å². The second-order valence-corrected chi connectivity index (χ2v) is 11.0. The standard InChI is InChI=1S/C24H28ClNO6S/c1-15-7-8-18(11-16(15)2)33(29,30)24(9-5-6-10-24)23(28)32-14-22(27)26-20-12-17(3)19(25)13-21(20)31-4/h7-8,11-13H,5-6,9-10,14H2,1-4H3,(H,26,27). The molecule has 0 heterocycles. The van der Waals surface area contributed by atoms with Crippen LogP contribution in [0, 0.1) is 20.8 Å². The van der Waals surface area contributed by atoms with Gasteiger partial charge in [0.2, 0.25) is 0 Å². The maximum absolute atomic E-state index is 13.5. The lowest BCUT2D eigenvalue weighted by atomic mass is 10.1. The number of rotatable bonds is 7. The fourth-order valence-corrected chi connectivity index (χ4v) is 6.30. The van der Waals surface area contributed by atoms with Crippen molar-refractivity contribution in [3.63, 3.8) is 0 Å². The molecule has 2 aromatic carbocycles. The van der Waals surface area contributed by atoms with E-state index in [1.165, 1.54) is 13.2 Å². The number of halogens is 1. The number of hydrogen-bond donors (Lipinski definition) is 1. The summed E-state index contributed by atoms with van der Waals surface area (Å²) in [6.45, 7) is 4.87. The minimum atomic E-state index is -4.01. The highest BCUT2D eigenvalue weighted by Crippen LogP contribution is 2.42. The number of hydrogen-bond acceptors (Lipinski definition) is 6. The summed E-state index contributed by atoms with van der Waals surface area (Å²) in [5.74, 6) is -1.15. The molecule has 33 heavy (non-hydrogen) atoms. The summed E-state index contributed by atoms with van der Waals surface area (Å²) in [7, 11) is -2.56. The van der Waals surface area contributed by atoms with E-state index in [2.05, 4.69) is 5.32 Å². The highest BCUT2D eigenvalue weighted by Gasteiger charge is 2.54. The van der Waals surface area contributed by atoms with Crippen LogP contribution in [-0.4, -0.2) is 38.8 Å². The maximum atomic E-state index is 13.5. The van der Waals surface area contributed by atoms with Gasteiger partial charge in [0.15, 0.2) is 21.2 Å². The molecule has 1 amide bonds. The van der Waals surface area contributed by atoms with Crippen molar-refractivity contribution in [2.45, 2.75) is 56.1 Å². The van der Waals surface area contributed by atoms with E-state index in [1.807, 2.05) is 13.8 Å². The molecule has 1 saturated carbocycles. The zero-order valence-electron chi connectivity index (χ0n) is 19.2. The lowest BCUT2D eigenvalue weighted by molar-refractivity contribution is -0.149. The van der Waals surface area contributed by atoms with Crippen molar-refractivity contribution in [1.82, 2.24) is 0 Å². The van der Waals surface area contributed by atoms with Crippen LogP contribution in [0.25, 0.3) is 0 Å². The van der Waals surface area contributed by atoms with Crippen molar-refractivity contribution >= 4 is 39.0 Å². The first-order chi connectivity index (χ1) is 15.5. The average molecular weight is 494 g/mol. The molecule has 0 spiro atoms. The predicted octanol–water partition coefficient (Wildman–Crippen LogP) is 4.54. The van der Waals surface area contributed by atoms with E-state index < -0.39 is 33.1 Å². The van der Waals surface area contributed by atoms with Crippen molar-refractivity contribution in [3.8, 4) is 5.75 Å². The SMILES string of the molecule is COc1cc(Cl)c(C)cc1NC(=O)COC(=O)C1(S(=O)(=O)c2ccc(C)c(C)c2)CCCC1. The summed E-state index contributed by atoms with van der Waals surface area (Å²) in [4.78, 5) is 25.7. The van der Waals surface area contributed by atoms with E-state index in [-0.39, 0.29) is 17.7 Å². The summed E-state index contributed by atoms with van der Waals surface area (Å²) in [5, 5.41) is 3.11. The van der Waals surface area contributed by atoms with Gasteiger partial charge in [0, 0.05) is 11.1 Å². The molecule has 3 rings (SSSR count). The highest BCUT2D eigenvalue weighted by molar-refractivity contribution is 7.93. The molecule has 9 heteroatoms. The van der Waals surface area contributed by atoms with Crippen LogP contribution in [0.5, 0.6) is 5.75 Å². The molecule has 2 aromatic rings. The van der Waals surface area contributed by atoms with Crippen LogP contribution in [0.2, 0.25) is 5.02 Å². The van der Waals surface area contributed by atoms with Crippen molar-refractivity contribution < 1.29 is 27.5 Å². The van der Waals surface area contributed by atoms with E-state index in [9.17, 15) is 18.0 Å². The maximum Gasteiger partial charge on any atom is 0.328 e. The number of amides is 1. The van der Waals surface area contributed by atoms with Gasteiger partial charge >= 0.3 is 5.97 Å². The van der Waals surface area contributed by atoms with E-state index in [1.54, 1.807) is 31.2 Å². The van der Waals surface area contributed by atoms with Crippen LogP contribution in [-0.2, 0) is 24.2 Å². The first-order valence-corrected chi connectivity index (χ1v) is 12.5. The first kappa shape index (κ1) is 25.1. The summed E-state index contributed by atoms with van der Waals surface area (Å²) in [6, 6.07) is 8.05. The van der Waals surface area contributed by atoms with Gasteiger partial charge in [-0.25, -0.2) is 8.42 Å². The number of ether oxygens (including phenoxy) is 2. The Kier molecular flexibility index (Phi) is 7.39. The van der Waals surface area contributed by atoms with Gasteiger partial charge in [-0.1, -0.05) is 30.5 Å². The normalized spacial score (nSPS) is 15.2.